The van der Waals surface area contributed by atoms with E-state index in [1.165, 1.54) is 6.07 Å². The Balaban J connectivity index is 2.05. The first-order valence-corrected chi connectivity index (χ1v) is 7.87. The molecule has 7 nitrogen and oxygen atoms in total. The summed E-state index contributed by atoms with van der Waals surface area (Å²) in [7, 11) is 0. The zero-order valence-electron chi connectivity index (χ0n) is 13.6. The number of rotatable bonds is 5. The fraction of sp³-hybridized carbons (Fsp3) is 0.562. The van der Waals surface area contributed by atoms with Crippen LogP contribution in [0.1, 0.15) is 29.3 Å². The molecule has 2 rings (SSSR count). The van der Waals surface area contributed by atoms with E-state index in [1.807, 2.05) is 6.92 Å². The predicted molar refractivity (Wildman–Crippen MR) is 86.5 cm³/mol. The topological polar surface area (TPSA) is 86.9 Å². The summed E-state index contributed by atoms with van der Waals surface area (Å²) in [5, 5.41) is 20.4. The first-order chi connectivity index (χ1) is 11.0. The molecule has 0 bridgehead atoms. The minimum absolute atomic E-state index is 0.0270. The van der Waals surface area contributed by atoms with E-state index < -0.39 is 4.92 Å². The van der Waals surface area contributed by atoms with Crippen molar-refractivity contribution in [2.45, 2.75) is 26.3 Å². The maximum Gasteiger partial charge on any atom is 0.273 e. The van der Waals surface area contributed by atoms with Gasteiger partial charge in [0.15, 0.2) is 0 Å². The first-order valence-electron chi connectivity index (χ1n) is 7.87. The molecular weight excluding hydrogens is 298 g/mol. The molecular formula is C16H23N3O4. The second kappa shape index (κ2) is 7.52. The van der Waals surface area contributed by atoms with Crippen molar-refractivity contribution >= 4 is 11.6 Å². The van der Waals surface area contributed by atoms with Crippen molar-refractivity contribution in [3.05, 3.63) is 39.4 Å². The smallest absolute Gasteiger partial charge is 0.273 e. The van der Waals surface area contributed by atoms with Gasteiger partial charge in [-0.1, -0.05) is 13.0 Å². The molecule has 0 aliphatic carbocycles. The van der Waals surface area contributed by atoms with Crippen LogP contribution in [-0.2, 0) is 0 Å². The van der Waals surface area contributed by atoms with Crippen molar-refractivity contribution < 1.29 is 14.8 Å². The summed E-state index contributed by atoms with van der Waals surface area (Å²) in [6.45, 7) is 6.36. The highest BCUT2D eigenvalue weighted by Crippen LogP contribution is 2.21. The fourth-order valence-corrected chi connectivity index (χ4v) is 2.91. The Labute approximate surface area is 135 Å². The number of hydrogen-bond donors (Lipinski definition) is 1. The van der Waals surface area contributed by atoms with Gasteiger partial charge >= 0.3 is 0 Å². The highest BCUT2D eigenvalue weighted by atomic mass is 16.6. The highest BCUT2D eigenvalue weighted by molar-refractivity contribution is 5.95. The number of carbonyl (C=O) groups excluding carboxylic acids is 1. The van der Waals surface area contributed by atoms with E-state index in [9.17, 15) is 20.0 Å². The number of amides is 1. The van der Waals surface area contributed by atoms with Gasteiger partial charge in [0.05, 0.1) is 11.5 Å². The van der Waals surface area contributed by atoms with Crippen LogP contribution < -0.4 is 0 Å². The zero-order chi connectivity index (χ0) is 17.0. The first kappa shape index (κ1) is 17.4. The number of nitro groups is 1. The second-order valence-electron chi connectivity index (χ2n) is 5.83. The third-order valence-electron chi connectivity index (χ3n) is 4.45. The van der Waals surface area contributed by atoms with Crippen molar-refractivity contribution in [1.29, 1.82) is 0 Å². The predicted octanol–water partition coefficient (Wildman–Crippen LogP) is 1.43. The summed E-state index contributed by atoms with van der Waals surface area (Å²) < 4.78 is 0. The van der Waals surface area contributed by atoms with Crippen LogP contribution in [0.15, 0.2) is 18.2 Å². The molecule has 0 radical (unpaired) electrons. The molecule has 1 heterocycles. The van der Waals surface area contributed by atoms with Crippen LogP contribution in [0.4, 0.5) is 5.69 Å². The lowest BCUT2D eigenvalue weighted by molar-refractivity contribution is -0.385. The van der Waals surface area contributed by atoms with Crippen LogP contribution >= 0.6 is 0 Å². The van der Waals surface area contributed by atoms with Crippen molar-refractivity contribution in [2.24, 2.45) is 0 Å². The van der Waals surface area contributed by atoms with Gasteiger partial charge in [-0.15, -0.1) is 0 Å². The molecule has 126 valence electrons. The van der Waals surface area contributed by atoms with E-state index in [1.54, 1.807) is 24.0 Å². The number of hydrogen-bond acceptors (Lipinski definition) is 5. The summed E-state index contributed by atoms with van der Waals surface area (Å²) >= 11 is 0. The molecule has 1 fully saturated rings. The Bertz CT molecular complexity index is 579. The number of nitro benzene ring substituents is 1. The highest BCUT2D eigenvalue weighted by Gasteiger charge is 2.26. The summed E-state index contributed by atoms with van der Waals surface area (Å²) in [6.07, 6.45) is 0.870. The number of nitrogens with zero attached hydrogens (tertiary/aromatic N) is 3. The second-order valence-corrected chi connectivity index (χ2v) is 5.83. The standard InChI is InChI=1S/C16H23N3O4/c1-3-14(11-20)17-6-8-18(9-7-17)16(21)13-5-4-12(2)15(10-13)19(22)23/h4-5,10,14,20H,3,6-9,11H2,1-2H3. The van der Waals surface area contributed by atoms with E-state index in [4.69, 9.17) is 0 Å². The lowest BCUT2D eigenvalue weighted by Crippen LogP contribution is -2.52. The van der Waals surface area contributed by atoms with Gasteiger partial charge in [0.2, 0.25) is 0 Å². The molecule has 0 aromatic heterocycles. The van der Waals surface area contributed by atoms with Gasteiger partial charge in [0.1, 0.15) is 0 Å². The molecule has 1 saturated heterocycles. The maximum atomic E-state index is 12.5. The van der Waals surface area contributed by atoms with Gasteiger partial charge < -0.3 is 10.0 Å². The quantitative estimate of drug-likeness (QED) is 0.655. The molecule has 7 heteroatoms. The van der Waals surface area contributed by atoms with Crippen LogP contribution in [-0.4, -0.2) is 64.6 Å². The maximum absolute atomic E-state index is 12.5. The zero-order valence-corrected chi connectivity index (χ0v) is 13.6. The fourth-order valence-electron chi connectivity index (χ4n) is 2.91. The number of benzene rings is 1. The summed E-state index contributed by atoms with van der Waals surface area (Å²) in [4.78, 5) is 27.0. The van der Waals surface area contributed by atoms with Crippen LogP contribution in [0.5, 0.6) is 0 Å². The average Bonchev–Trinajstić information content (AvgIpc) is 2.56. The number of aliphatic hydroxyl groups excluding tert-OH is 1. The Morgan fingerprint density at radius 2 is 2.00 bits per heavy atom. The number of aliphatic hydroxyl groups is 1. The minimum atomic E-state index is -0.461. The number of piperazine rings is 1. The monoisotopic (exact) mass is 321 g/mol. The van der Waals surface area contributed by atoms with Gasteiger partial charge in [-0.25, -0.2) is 0 Å². The molecule has 1 aliphatic heterocycles. The minimum Gasteiger partial charge on any atom is -0.395 e. The SMILES string of the molecule is CCC(CO)N1CCN(C(=O)c2ccc(C)c([N+](=O)[O-])c2)CC1. The van der Waals surface area contributed by atoms with Crippen LogP contribution in [0.2, 0.25) is 0 Å². The number of carbonyl (C=O) groups is 1. The molecule has 1 atom stereocenters. The number of aryl methyl sites for hydroxylation is 1. The van der Waals surface area contributed by atoms with Gasteiger partial charge in [-0.2, -0.15) is 0 Å². The van der Waals surface area contributed by atoms with Crippen LogP contribution in [0.3, 0.4) is 0 Å². The Morgan fingerprint density at radius 3 is 2.52 bits per heavy atom. The Hall–Kier alpha value is -1.99. The molecule has 1 amide bonds. The lowest BCUT2D eigenvalue weighted by atomic mass is 10.1. The normalized spacial score (nSPS) is 17.1. The van der Waals surface area contributed by atoms with Crippen LogP contribution in [0.25, 0.3) is 0 Å². The summed E-state index contributed by atoms with van der Waals surface area (Å²) in [5.74, 6) is -0.176. The van der Waals surface area contributed by atoms with Crippen molar-refractivity contribution in [3.63, 3.8) is 0 Å². The summed E-state index contributed by atoms with van der Waals surface area (Å²) in [6, 6.07) is 4.74. The lowest BCUT2D eigenvalue weighted by Gasteiger charge is -2.38. The third kappa shape index (κ3) is 3.86. The Kier molecular flexibility index (Phi) is 5.68. The van der Waals surface area contributed by atoms with E-state index in [2.05, 4.69) is 4.90 Å². The molecule has 1 unspecified atom stereocenters. The van der Waals surface area contributed by atoms with Crippen molar-refractivity contribution in [2.75, 3.05) is 32.8 Å². The molecule has 1 aromatic rings. The van der Waals surface area contributed by atoms with Gasteiger partial charge in [0, 0.05) is 49.4 Å². The van der Waals surface area contributed by atoms with E-state index in [0.29, 0.717) is 37.3 Å². The van der Waals surface area contributed by atoms with Gasteiger partial charge in [-0.3, -0.25) is 19.8 Å². The Morgan fingerprint density at radius 1 is 1.35 bits per heavy atom. The average molecular weight is 321 g/mol. The van der Waals surface area contributed by atoms with E-state index in [-0.39, 0.29) is 24.2 Å². The molecule has 1 aliphatic rings. The third-order valence-corrected chi connectivity index (χ3v) is 4.45. The van der Waals surface area contributed by atoms with E-state index >= 15 is 0 Å². The van der Waals surface area contributed by atoms with Crippen LogP contribution in [0, 0.1) is 17.0 Å². The summed E-state index contributed by atoms with van der Waals surface area (Å²) in [5.41, 5.74) is 0.871. The molecule has 23 heavy (non-hydrogen) atoms. The van der Waals surface area contributed by atoms with Crippen molar-refractivity contribution in [3.8, 4) is 0 Å². The van der Waals surface area contributed by atoms with E-state index in [0.717, 1.165) is 6.42 Å². The molecule has 1 N–H and O–H groups in total. The molecule has 0 saturated carbocycles. The van der Waals surface area contributed by atoms with Crippen molar-refractivity contribution in [1.82, 2.24) is 9.80 Å². The van der Waals surface area contributed by atoms with Gasteiger partial charge in [0.25, 0.3) is 11.6 Å². The largest absolute Gasteiger partial charge is 0.395 e. The molecule has 1 aromatic carbocycles. The molecule has 0 spiro atoms. The van der Waals surface area contributed by atoms with Gasteiger partial charge in [-0.05, 0) is 19.4 Å².